The van der Waals surface area contributed by atoms with Gasteiger partial charge in [0.2, 0.25) is 5.69 Å². The minimum Gasteiger partial charge on any atom is -1.00 e. The molecule has 0 amide bonds. The zero-order chi connectivity index (χ0) is 35.5. The van der Waals surface area contributed by atoms with E-state index in [0.717, 1.165) is 22.6 Å². The molecule has 258 valence electrons. The number of carbonyl (C=O) groups excluding carboxylic acids is 4. The average Bonchev–Trinajstić information content (AvgIpc) is 3.44. The fraction of sp³-hybridized carbons (Fsp3) is 0.379. The maximum Gasteiger partial charge on any atom is 1.00 e. The SMILES string of the molecule is CCOC(=O)CC(=O)OCC.CCOC(=O)c1n[nH]n(Cc2ccc(OC)cc2)c1=O.COc1ccc(CN=[N+]=[N-])cc1.O=CO[O-].[H-].[K+].[K+]. The quantitative estimate of drug-likeness (QED) is 0.0170. The van der Waals surface area contributed by atoms with E-state index in [1.807, 2.05) is 36.4 Å². The van der Waals surface area contributed by atoms with Gasteiger partial charge in [0.15, 0.2) is 0 Å². The summed E-state index contributed by atoms with van der Waals surface area (Å²) in [5, 5.41) is 18.1. The minimum absolute atomic E-state index is 0. The molecule has 1 N–H and O–H groups in total. The number of azide groups is 1. The van der Waals surface area contributed by atoms with E-state index in [4.69, 9.17) is 29.8 Å². The van der Waals surface area contributed by atoms with Gasteiger partial charge in [-0.2, -0.15) is 0 Å². The van der Waals surface area contributed by atoms with E-state index >= 15 is 0 Å². The summed E-state index contributed by atoms with van der Waals surface area (Å²) in [5.41, 5.74) is 9.19. The van der Waals surface area contributed by atoms with Gasteiger partial charge in [-0.05, 0) is 61.7 Å². The van der Waals surface area contributed by atoms with Crippen LogP contribution in [0, 0.1) is 0 Å². The number of hydrogen-bond donors (Lipinski definition) is 1. The largest absolute Gasteiger partial charge is 1.00 e. The summed E-state index contributed by atoms with van der Waals surface area (Å²) in [7, 11) is 3.20. The predicted molar refractivity (Wildman–Crippen MR) is 163 cm³/mol. The molecule has 2 aromatic carbocycles. The maximum absolute atomic E-state index is 12.0. The van der Waals surface area contributed by atoms with Crippen LogP contribution in [0.3, 0.4) is 0 Å². The molecule has 0 aliphatic rings. The molecule has 0 saturated heterocycles. The Morgan fingerprint density at radius 3 is 1.73 bits per heavy atom. The molecular weight excluding hydrogens is 703 g/mol. The Kier molecular flexibility index (Phi) is 33.8. The zero-order valence-corrected chi connectivity index (χ0v) is 34.8. The molecule has 0 spiro atoms. The fourth-order valence-corrected chi connectivity index (χ4v) is 3.07. The maximum atomic E-state index is 12.0. The van der Waals surface area contributed by atoms with Gasteiger partial charge in [-0.25, -0.2) is 14.7 Å². The number of H-pyrrole nitrogens is 1. The molecule has 49 heavy (non-hydrogen) atoms. The van der Waals surface area contributed by atoms with Crippen LogP contribution in [0.2, 0.25) is 0 Å². The van der Waals surface area contributed by atoms with Crippen molar-refractivity contribution in [1.82, 2.24) is 15.0 Å². The molecule has 18 nitrogen and oxygen atoms in total. The first-order valence-corrected chi connectivity index (χ1v) is 13.8. The van der Waals surface area contributed by atoms with Gasteiger partial charge in [0.05, 0.1) is 47.1 Å². The second-order valence-electron chi connectivity index (χ2n) is 8.24. The molecule has 0 radical (unpaired) electrons. The summed E-state index contributed by atoms with van der Waals surface area (Å²) >= 11 is 0. The zero-order valence-electron chi connectivity index (χ0n) is 29.6. The number of nitrogens with one attached hydrogen (secondary N) is 1. The van der Waals surface area contributed by atoms with E-state index in [-0.39, 0.29) is 149 Å². The van der Waals surface area contributed by atoms with Crippen LogP contribution in [0.5, 0.6) is 11.5 Å². The van der Waals surface area contributed by atoms with Crippen LogP contribution >= 0.6 is 0 Å². The molecule has 0 saturated carbocycles. The summed E-state index contributed by atoms with van der Waals surface area (Å²) in [6, 6.07) is 14.7. The van der Waals surface area contributed by atoms with Gasteiger partial charge in [0.1, 0.15) is 17.9 Å². The van der Waals surface area contributed by atoms with Crippen LogP contribution < -0.4 is 123 Å². The predicted octanol–water partition coefficient (Wildman–Crippen LogP) is -3.63. The number of carbonyl (C=O) groups is 4. The van der Waals surface area contributed by atoms with Gasteiger partial charge in [-0.15, -0.1) is 5.10 Å². The third-order valence-corrected chi connectivity index (χ3v) is 5.11. The van der Waals surface area contributed by atoms with E-state index in [0.29, 0.717) is 6.54 Å². The topological polar surface area (TPSA) is 246 Å². The summed E-state index contributed by atoms with van der Waals surface area (Å²) in [5.74, 6) is -0.253. The third-order valence-electron chi connectivity index (χ3n) is 5.11. The Bertz CT molecular complexity index is 1450. The summed E-state index contributed by atoms with van der Waals surface area (Å²) < 4.78 is 25.1. The first kappa shape index (κ1) is 50.8. The van der Waals surface area contributed by atoms with Crippen molar-refractivity contribution in [3.8, 4) is 11.5 Å². The molecule has 0 atom stereocenters. The minimum atomic E-state index is -0.720. The van der Waals surface area contributed by atoms with Gasteiger partial charge in [0.25, 0.3) is 6.47 Å². The van der Waals surface area contributed by atoms with Gasteiger partial charge in [-0.1, -0.05) is 29.4 Å². The molecular formula is C29H38K2N6O12. The number of benzene rings is 2. The molecule has 3 aromatic rings. The first-order chi connectivity index (χ1) is 22.6. The molecule has 3 rings (SSSR count). The molecule has 0 unspecified atom stereocenters. The van der Waals surface area contributed by atoms with Crippen LogP contribution in [0.1, 0.15) is 50.2 Å². The molecule has 0 bridgehead atoms. The van der Waals surface area contributed by atoms with Gasteiger partial charge < -0.3 is 35.3 Å². The number of methoxy groups -OCH3 is 2. The Hall–Kier alpha value is -2.60. The Balaban J connectivity index is -0.000000308. The number of aromatic amines is 1. The Morgan fingerprint density at radius 2 is 1.35 bits per heavy atom. The van der Waals surface area contributed by atoms with Crippen LogP contribution in [0.15, 0.2) is 58.4 Å². The van der Waals surface area contributed by atoms with Crippen molar-refractivity contribution in [2.24, 2.45) is 5.11 Å². The number of ether oxygens (including phenoxy) is 5. The van der Waals surface area contributed by atoms with Crippen LogP contribution in [-0.2, 0) is 46.6 Å². The monoisotopic (exact) mass is 740 g/mol. The second kappa shape index (κ2) is 32.6. The molecule has 0 fully saturated rings. The van der Waals surface area contributed by atoms with Gasteiger partial charge >= 0.3 is 126 Å². The van der Waals surface area contributed by atoms with Crippen molar-refractivity contribution < 1.29 is 157 Å². The van der Waals surface area contributed by atoms with Crippen molar-refractivity contribution in [3.05, 3.63) is 86.1 Å². The Morgan fingerprint density at radius 1 is 0.898 bits per heavy atom. The van der Waals surface area contributed by atoms with Crippen LogP contribution in [0.25, 0.3) is 10.4 Å². The standard InChI is InChI=1S/C13H15N3O4.C8H9N3O.C7H12O4.CH2O3.2K.H/c1-3-20-13(18)11-12(17)16(15-14-11)8-9-4-6-10(19-2)7-5-9;1-12-8-4-2-7(3-5-8)6-10-11-9;1-3-10-6(8)5-7(9)11-4-2;2-1-4-3;;;/h4-7,15H,3,8H2,1-2H3;2-5H,6H2,1H3;3-5H2,1-2H3;1,3H;;;/q;;;;2*+1;-1/p-1. The summed E-state index contributed by atoms with van der Waals surface area (Å²) in [6.07, 6.45) is -0.290. The molecule has 0 aliphatic carbocycles. The summed E-state index contributed by atoms with van der Waals surface area (Å²) in [4.78, 5) is 58.6. The third kappa shape index (κ3) is 23.4. The normalized spacial score (nSPS) is 8.78. The smallest absolute Gasteiger partial charge is 1.00 e. The van der Waals surface area contributed by atoms with Crippen molar-refractivity contribution in [3.63, 3.8) is 0 Å². The molecule has 0 aliphatic heterocycles. The molecule has 1 heterocycles. The number of hydrogen-bond acceptors (Lipinski definition) is 14. The van der Waals surface area contributed by atoms with Crippen LogP contribution in [0.4, 0.5) is 0 Å². The number of esters is 3. The number of rotatable bonds is 13. The van der Waals surface area contributed by atoms with Crippen molar-refractivity contribution in [1.29, 1.82) is 0 Å². The van der Waals surface area contributed by atoms with E-state index in [1.165, 1.54) is 4.68 Å². The average molecular weight is 741 g/mol. The second-order valence-corrected chi connectivity index (χ2v) is 8.24. The van der Waals surface area contributed by atoms with E-state index in [1.54, 1.807) is 47.1 Å². The van der Waals surface area contributed by atoms with E-state index in [2.05, 4.69) is 34.7 Å². The number of aromatic nitrogens is 3. The van der Waals surface area contributed by atoms with Gasteiger partial charge in [0, 0.05) is 4.91 Å². The summed E-state index contributed by atoms with van der Waals surface area (Å²) in [6.45, 7) is 6.31. The number of nitrogens with zero attached hydrogens (tertiary/aromatic N) is 5. The van der Waals surface area contributed by atoms with Gasteiger partial charge in [-0.3, -0.25) is 19.2 Å². The molecule has 20 heteroatoms. The van der Waals surface area contributed by atoms with Crippen molar-refractivity contribution in [2.45, 2.75) is 40.3 Å². The van der Waals surface area contributed by atoms with Crippen molar-refractivity contribution in [2.75, 3.05) is 34.0 Å². The van der Waals surface area contributed by atoms with Crippen molar-refractivity contribution >= 4 is 24.4 Å². The van der Waals surface area contributed by atoms with E-state index < -0.39 is 23.5 Å². The molecule has 1 aromatic heterocycles. The van der Waals surface area contributed by atoms with E-state index in [9.17, 15) is 19.2 Å². The first-order valence-electron chi connectivity index (χ1n) is 13.8. The Labute approximate surface area is 369 Å². The fourth-order valence-electron chi connectivity index (χ4n) is 3.07. The van der Waals surface area contributed by atoms with Crippen LogP contribution in [-0.4, -0.2) is 73.4 Å².